The molecule has 0 aromatic carbocycles. The van der Waals surface area contributed by atoms with Crippen molar-refractivity contribution in [3.8, 4) is 0 Å². The molecule has 2 heterocycles. The highest BCUT2D eigenvalue weighted by Crippen LogP contribution is 2.31. The first kappa shape index (κ1) is 14.3. The number of piperidine rings is 1. The van der Waals surface area contributed by atoms with E-state index in [0.717, 1.165) is 45.4 Å². The van der Waals surface area contributed by atoms with E-state index in [-0.39, 0.29) is 12.0 Å². The zero-order valence-electron chi connectivity index (χ0n) is 11.7. The van der Waals surface area contributed by atoms with Crippen LogP contribution in [0.3, 0.4) is 0 Å². The third-order valence-corrected chi connectivity index (χ3v) is 4.58. The van der Waals surface area contributed by atoms with Crippen LogP contribution in [0.4, 0.5) is 0 Å². The van der Waals surface area contributed by atoms with Crippen molar-refractivity contribution in [1.82, 2.24) is 4.90 Å². The highest BCUT2D eigenvalue weighted by Gasteiger charge is 2.37. The second kappa shape index (κ2) is 6.33. The minimum atomic E-state index is -0.0353. The number of likely N-dealkylation sites (tertiary alicyclic amines) is 1. The smallest absolute Gasteiger partial charge is 0.0598 e. The summed E-state index contributed by atoms with van der Waals surface area (Å²) in [5.74, 6) is 0. The molecule has 0 aromatic heterocycles. The number of nitrogens with zero attached hydrogens (tertiary/aromatic N) is 1. The van der Waals surface area contributed by atoms with E-state index in [4.69, 9.17) is 9.47 Å². The number of ether oxygens (including phenoxy) is 2. The van der Waals surface area contributed by atoms with Crippen molar-refractivity contribution in [1.29, 1.82) is 0 Å². The number of aliphatic hydroxyl groups excluding tert-OH is 1. The Morgan fingerprint density at radius 3 is 2.89 bits per heavy atom. The summed E-state index contributed by atoms with van der Waals surface area (Å²) >= 11 is 0. The predicted molar refractivity (Wildman–Crippen MR) is 70.6 cm³/mol. The lowest BCUT2D eigenvalue weighted by molar-refractivity contribution is -0.0729. The van der Waals surface area contributed by atoms with Crippen LogP contribution in [0.1, 0.15) is 32.6 Å². The van der Waals surface area contributed by atoms with E-state index in [1.54, 1.807) is 7.11 Å². The molecule has 0 saturated carbocycles. The molecule has 2 fully saturated rings. The average molecular weight is 257 g/mol. The summed E-state index contributed by atoms with van der Waals surface area (Å²) in [7, 11) is 1.80. The van der Waals surface area contributed by atoms with Gasteiger partial charge in [0.05, 0.1) is 19.3 Å². The topological polar surface area (TPSA) is 41.9 Å². The molecule has 2 saturated heterocycles. The fraction of sp³-hybridized carbons (Fsp3) is 1.00. The molecule has 0 aromatic rings. The van der Waals surface area contributed by atoms with Gasteiger partial charge in [-0.2, -0.15) is 0 Å². The second-order valence-electron chi connectivity index (χ2n) is 6.02. The van der Waals surface area contributed by atoms with Gasteiger partial charge < -0.3 is 14.6 Å². The Hall–Kier alpha value is -0.160. The van der Waals surface area contributed by atoms with Crippen LogP contribution in [0, 0.1) is 5.41 Å². The van der Waals surface area contributed by atoms with E-state index in [0.29, 0.717) is 18.8 Å². The summed E-state index contributed by atoms with van der Waals surface area (Å²) in [6.07, 6.45) is 4.76. The average Bonchev–Trinajstić information content (AvgIpc) is 2.42. The minimum absolute atomic E-state index is 0.0353. The van der Waals surface area contributed by atoms with Gasteiger partial charge in [0.15, 0.2) is 0 Å². The summed E-state index contributed by atoms with van der Waals surface area (Å²) in [6, 6.07) is 0.536. The van der Waals surface area contributed by atoms with Gasteiger partial charge in [-0.05, 0) is 32.6 Å². The molecule has 18 heavy (non-hydrogen) atoms. The van der Waals surface area contributed by atoms with Gasteiger partial charge in [0.2, 0.25) is 0 Å². The molecule has 2 rings (SSSR count). The SMILES string of the molecule is COC1CCN(CC2(CO)CCCOC2)C(C)C1. The lowest BCUT2D eigenvalue weighted by Crippen LogP contribution is -2.51. The molecule has 0 bridgehead atoms. The van der Waals surface area contributed by atoms with Gasteiger partial charge in [0, 0.05) is 38.3 Å². The van der Waals surface area contributed by atoms with Gasteiger partial charge in [-0.1, -0.05) is 0 Å². The molecular weight excluding hydrogens is 230 g/mol. The molecule has 2 aliphatic heterocycles. The fourth-order valence-corrected chi connectivity index (χ4v) is 3.27. The highest BCUT2D eigenvalue weighted by molar-refractivity contribution is 4.89. The number of aliphatic hydroxyl groups is 1. The molecule has 1 N–H and O–H groups in total. The maximum atomic E-state index is 9.73. The molecule has 0 amide bonds. The Morgan fingerprint density at radius 2 is 2.33 bits per heavy atom. The maximum absolute atomic E-state index is 9.73. The van der Waals surface area contributed by atoms with Gasteiger partial charge >= 0.3 is 0 Å². The van der Waals surface area contributed by atoms with Crippen molar-refractivity contribution >= 4 is 0 Å². The van der Waals surface area contributed by atoms with Gasteiger partial charge in [0.25, 0.3) is 0 Å². The van der Waals surface area contributed by atoms with Gasteiger partial charge in [-0.25, -0.2) is 0 Å². The Morgan fingerprint density at radius 1 is 1.50 bits per heavy atom. The summed E-state index contributed by atoms with van der Waals surface area (Å²) in [4.78, 5) is 2.50. The number of hydrogen-bond acceptors (Lipinski definition) is 4. The van der Waals surface area contributed by atoms with Gasteiger partial charge in [-0.15, -0.1) is 0 Å². The third kappa shape index (κ3) is 3.23. The molecule has 4 nitrogen and oxygen atoms in total. The summed E-state index contributed by atoms with van der Waals surface area (Å²) in [5.41, 5.74) is -0.0353. The largest absolute Gasteiger partial charge is 0.396 e. The standard InChI is InChI=1S/C14H27NO3/c1-12-8-13(17-2)4-6-15(12)9-14(10-16)5-3-7-18-11-14/h12-13,16H,3-11H2,1-2H3. The Kier molecular flexibility index (Phi) is 5.01. The van der Waals surface area contributed by atoms with Crippen LogP contribution in [0.5, 0.6) is 0 Å². The van der Waals surface area contributed by atoms with Gasteiger partial charge in [0.1, 0.15) is 0 Å². The number of hydrogen-bond donors (Lipinski definition) is 1. The number of methoxy groups -OCH3 is 1. The van der Waals surface area contributed by atoms with Crippen molar-refractivity contribution in [2.24, 2.45) is 5.41 Å². The van der Waals surface area contributed by atoms with Crippen molar-refractivity contribution < 1.29 is 14.6 Å². The quantitative estimate of drug-likeness (QED) is 0.823. The van der Waals surface area contributed by atoms with Crippen LogP contribution in [-0.2, 0) is 9.47 Å². The first-order chi connectivity index (χ1) is 8.69. The molecule has 0 radical (unpaired) electrons. The van der Waals surface area contributed by atoms with Crippen LogP contribution in [0.15, 0.2) is 0 Å². The van der Waals surface area contributed by atoms with Crippen LogP contribution >= 0.6 is 0 Å². The highest BCUT2D eigenvalue weighted by atomic mass is 16.5. The molecule has 2 aliphatic rings. The predicted octanol–water partition coefficient (Wildman–Crippen LogP) is 1.27. The molecule has 4 heteroatoms. The molecule has 106 valence electrons. The molecule has 3 atom stereocenters. The Bertz CT molecular complexity index is 253. The Balaban J connectivity index is 1.91. The van der Waals surface area contributed by atoms with Crippen LogP contribution in [0.25, 0.3) is 0 Å². The summed E-state index contributed by atoms with van der Waals surface area (Å²) in [5, 5.41) is 9.73. The lowest BCUT2D eigenvalue weighted by Gasteiger charge is -2.44. The Labute approximate surface area is 110 Å². The molecule has 0 spiro atoms. The molecular formula is C14H27NO3. The van der Waals surface area contributed by atoms with Gasteiger partial charge in [-0.3, -0.25) is 4.90 Å². The number of rotatable bonds is 4. The van der Waals surface area contributed by atoms with E-state index < -0.39 is 0 Å². The summed E-state index contributed by atoms with van der Waals surface area (Å²) < 4.78 is 11.0. The fourth-order valence-electron chi connectivity index (χ4n) is 3.27. The van der Waals surface area contributed by atoms with E-state index in [1.165, 1.54) is 0 Å². The zero-order chi connectivity index (χ0) is 13.0. The first-order valence-electron chi connectivity index (χ1n) is 7.14. The summed E-state index contributed by atoms with van der Waals surface area (Å²) in [6.45, 7) is 6.09. The molecule has 0 aliphatic carbocycles. The third-order valence-electron chi connectivity index (χ3n) is 4.58. The van der Waals surface area contributed by atoms with Crippen molar-refractivity contribution in [3.05, 3.63) is 0 Å². The van der Waals surface area contributed by atoms with E-state index in [1.807, 2.05) is 0 Å². The molecule has 3 unspecified atom stereocenters. The minimum Gasteiger partial charge on any atom is -0.396 e. The van der Waals surface area contributed by atoms with Crippen molar-refractivity contribution in [2.75, 3.05) is 40.0 Å². The monoisotopic (exact) mass is 257 g/mol. The van der Waals surface area contributed by atoms with E-state index >= 15 is 0 Å². The van der Waals surface area contributed by atoms with Crippen LogP contribution in [-0.4, -0.2) is 62.2 Å². The lowest BCUT2D eigenvalue weighted by atomic mass is 9.81. The maximum Gasteiger partial charge on any atom is 0.0598 e. The van der Waals surface area contributed by atoms with Crippen molar-refractivity contribution in [3.63, 3.8) is 0 Å². The normalized spacial score (nSPS) is 38.8. The van der Waals surface area contributed by atoms with E-state index in [9.17, 15) is 5.11 Å². The van der Waals surface area contributed by atoms with Crippen LogP contribution < -0.4 is 0 Å². The second-order valence-corrected chi connectivity index (χ2v) is 6.02. The first-order valence-corrected chi connectivity index (χ1v) is 7.14. The van der Waals surface area contributed by atoms with Crippen molar-refractivity contribution in [2.45, 2.75) is 44.8 Å². The van der Waals surface area contributed by atoms with Crippen LogP contribution in [0.2, 0.25) is 0 Å². The van der Waals surface area contributed by atoms with E-state index in [2.05, 4.69) is 11.8 Å². The zero-order valence-corrected chi connectivity index (χ0v) is 11.7.